The van der Waals surface area contributed by atoms with Crippen LogP contribution in [0.15, 0.2) is 48.5 Å². The molecule has 0 saturated carbocycles. The molecule has 0 aliphatic rings. The Morgan fingerprint density at radius 3 is 2.67 bits per heavy atom. The van der Waals surface area contributed by atoms with Gasteiger partial charge in [0.1, 0.15) is 11.5 Å². The van der Waals surface area contributed by atoms with Crippen molar-refractivity contribution >= 4 is 17.6 Å². The summed E-state index contributed by atoms with van der Waals surface area (Å²) < 4.78 is 10.6. The van der Waals surface area contributed by atoms with Crippen molar-refractivity contribution in [1.29, 1.82) is 0 Å². The Morgan fingerprint density at radius 1 is 1.24 bits per heavy atom. The van der Waals surface area contributed by atoms with Crippen LogP contribution < -0.4 is 9.47 Å². The van der Waals surface area contributed by atoms with Gasteiger partial charge in [-0.3, -0.25) is 0 Å². The Balaban J connectivity index is 2.16. The molecule has 0 aliphatic heterocycles. The number of para-hydroxylation sites is 1. The molecule has 5 heteroatoms. The third kappa shape index (κ3) is 4.13. The summed E-state index contributed by atoms with van der Waals surface area (Å²) >= 11 is 5.99. The number of carboxylic acid groups (broad SMARTS) is 1. The average molecular weight is 307 g/mol. The first-order valence-corrected chi connectivity index (χ1v) is 6.75. The number of halogens is 1. The van der Waals surface area contributed by atoms with Gasteiger partial charge in [0, 0.05) is 6.42 Å². The van der Waals surface area contributed by atoms with Crippen molar-refractivity contribution in [2.45, 2.75) is 12.5 Å². The molecule has 0 aliphatic carbocycles. The predicted molar refractivity (Wildman–Crippen MR) is 80.2 cm³/mol. The van der Waals surface area contributed by atoms with Crippen LogP contribution in [0, 0.1) is 0 Å². The molecular weight excluding hydrogens is 292 g/mol. The minimum absolute atomic E-state index is 0.220. The maximum Gasteiger partial charge on any atom is 0.345 e. The van der Waals surface area contributed by atoms with Gasteiger partial charge in [0.05, 0.1) is 12.1 Å². The Hall–Kier alpha value is -2.20. The number of aliphatic carboxylic acids is 1. The molecule has 0 unspecified atom stereocenters. The fourth-order valence-electron chi connectivity index (χ4n) is 1.89. The van der Waals surface area contributed by atoms with Crippen LogP contribution in [0.25, 0.3) is 0 Å². The van der Waals surface area contributed by atoms with Crippen molar-refractivity contribution in [3.63, 3.8) is 0 Å². The normalized spacial score (nSPS) is 11.7. The number of carbonyl (C=O) groups is 1. The zero-order valence-electron chi connectivity index (χ0n) is 11.5. The number of hydrogen-bond donors (Lipinski definition) is 1. The van der Waals surface area contributed by atoms with Gasteiger partial charge in [-0.15, -0.1) is 0 Å². The average Bonchev–Trinajstić information content (AvgIpc) is 2.49. The molecule has 0 aromatic heterocycles. The van der Waals surface area contributed by atoms with E-state index in [1.807, 2.05) is 12.1 Å². The highest BCUT2D eigenvalue weighted by molar-refractivity contribution is 6.32. The third-order valence-corrected chi connectivity index (χ3v) is 3.25. The SMILES string of the molecule is COc1cccc(C[C@H](Oc2ccccc2Cl)C(=O)O)c1. The summed E-state index contributed by atoms with van der Waals surface area (Å²) in [6, 6.07) is 14.0. The van der Waals surface area contributed by atoms with E-state index in [0.717, 1.165) is 5.56 Å². The molecular formula is C16H15ClO4. The summed E-state index contributed by atoms with van der Waals surface area (Å²) in [5.74, 6) is -0.0124. The Bertz CT molecular complexity index is 627. The molecule has 2 aromatic rings. The van der Waals surface area contributed by atoms with Crippen molar-refractivity contribution < 1.29 is 19.4 Å². The van der Waals surface area contributed by atoms with Crippen LogP contribution in [0.3, 0.4) is 0 Å². The lowest BCUT2D eigenvalue weighted by molar-refractivity contribution is -0.145. The van der Waals surface area contributed by atoms with Crippen LogP contribution in [-0.2, 0) is 11.2 Å². The molecule has 0 heterocycles. The van der Waals surface area contributed by atoms with Crippen molar-refractivity contribution in [2.75, 3.05) is 7.11 Å². The van der Waals surface area contributed by atoms with Crippen molar-refractivity contribution in [1.82, 2.24) is 0 Å². The van der Waals surface area contributed by atoms with Crippen LogP contribution in [0.5, 0.6) is 11.5 Å². The minimum atomic E-state index is -1.04. The second kappa shape index (κ2) is 6.99. The number of carboxylic acids is 1. The van der Waals surface area contributed by atoms with Gasteiger partial charge in [0.25, 0.3) is 0 Å². The zero-order valence-corrected chi connectivity index (χ0v) is 12.2. The smallest absolute Gasteiger partial charge is 0.345 e. The highest BCUT2D eigenvalue weighted by Crippen LogP contribution is 2.25. The fraction of sp³-hybridized carbons (Fsp3) is 0.188. The molecule has 0 saturated heterocycles. The molecule has 0 amide bonds. The van der Waals surface area contributed by atoms with E-state index < -0.39 is 12.1 Å². The van der Waals surface area contributed by atoms with E-state index in [9.17, 15) is 9.90 Å². The summed E-state index contributed by atoms with van der Waals surface area (Å²) in [5, 5.41) is 9.70. The second-order valence-corrected chi connectivity index (χ2v) is 4.84. The maximum absolute atomic E-state index is 11.4. The molecule has 110 valence electrons. The molecule has 0 fully saturated rings. The van der Waals surface area contributed by atoms with Crippen molar-refractivity contribution in [3.05, 3.63) is 59.1 Å². The number of methoxy groups -OCH3 is 1. The Morgan fingerprint density at radius 2 is 2.00 bits per heavy atom. The molecule has 21 heavy (non-hydrogen) atoms. The van der Waals surface area contributed by atoms with E-state index in [-0.39, 0.29) is 6.42 Å². The standard InChI is InChI=1S/C16H15ClO4/c1-20-12-6-4-5-11(9-12)10-15(16(18)19)21-14-8-3-2-7-13(14)17/h2-9,15H,10H2,1H3,(H,18,19)/t15-/m0/s1. The first-order valence-electron chi connectivity index (χ1n) is 6.37. The number of benzene rings is 2. The fourth-order valence-corrected chi connectivity index (χ4v) is 2.07. The van der Waals surface area contributed by atoms with E-state index in [1.165, 1.54) is 0 Å². The largest absolute Gasteiger partial charge is 0.497 e. The summed E-state index contributed by atoms with van der Waals surface area (Å²) in [6.45, 7) is 0. The van der Waals surface area contributed by atoms with Crippen molar-refractivity contribution in [3.8, 4) is 11.5 Å². The zero-order chi connectivity index (χ0) is 15.2. The van der Waals surface area contributed by atoms with Gasteiger partial charge >= 0.3 is 5.97 Å². The maximum atomic E-state index is 11.4. The van der Waals surface area contributed by atoms with Crippen LogP contribution in [0.1, 0.15) is 5.56 Å². The van der Waals surface area contributed by atoms with E-state index in [4.69, 9.17) is 21.1 Å². The summed E-state index contributed by atoms with van der Waals surface area (Å²) in [7, 11) is 1.56. The molecule has 4 nitrogen and oxygen atoms in total. The van der Waals surface area contributed by atoms with Crippen molar-refractivity contribution in [2.24, 2.45) is 0 Å². The summed E-state index contributed by atoms with van der Waals surface area (Å²) in [6.07, 6.45) is -0.797. The lowest BCUT2D eigenvalue weighted by atomic mass is 10.1. The minimum Gasteiger partial charge on any atom is -0.497 e. The molecule has 1 N–H and O–H groups in total. The molecule has 0 bridgehead atoms. The second-order valence-electron chi connectivity index (χ2n) is 4.43. The first kappa shape index (κ1) is 15.2. The molecule has 1 atom stereocenters. The highest BCUT2D eigenvalue weighted by atomic mass is 35.5. The predicted octanol–water partition coefficient (Wildman–Crippen LogP) is 3.42. The topological polar surface area (TPSA) is 55.8 Å². The Kier molecular flexibility index (Phi) is 5.06. The van der Waals surface area contributed by atoms with Crippen LogP contribution in [0.4, 0.5) is 0 Å². The monoisotopic (exact) mass is 306 g/mol. The number of hydrogen-bond acceptors (Lipinski definition) is 3. The van der Waals surface area contributed by atoms with Gasteiger partial charge in [-0.2, -0.15) is 0 Å². The van der Waals surface area contributed by atoms with Crippen LogP contribution >= 0.6 is 11.6 Å². The van der Waals surface area contributed by atoms with Gasteiger partial charge in [-0.25, -0.2) is 4.79 Å². The lowest BCUT2D eigenvalue weighted by Gasteiger charge is -2.16. The van der Waals surface area contributed by atoms with Gasteiger partial charge in [0.15, 0.2) is 6.10 Å². The number of ether oxygens (including phenoxy) is 2. The van der Waals surface area contributed by atoms with Crippen LogP contribution in [-0.4, -0.2) is 24.3 Å². The first-order chi connectivity index (χ1) is 10.1. The Labute approximate surface area is 127 Å². The van der Waals surface area contributed by atoms with E-state index in [0.29, 0.717) is 16.5 Å². The lowest BCUT2D eigenvalue weighted by Crippen LogP contribution is -2.29. The summed E-state index contributed by atoms with van der Waals surface area (Å²) in [5.41, 5.74) is 0.814. The molecule has 0 spiro atoms. The van der Waals surface area contributed by atoms with Crippen LogP contribution in [0.2, 0.25) is 5.02 Å². The molecule has 0 radical (unpaired) electrons. The van der Waals surface area contributed by atoms with Gasteiger partial charge < -0.3 is 14.6 Å². The van der Waals surface area contributed by atoms with Gasteiger partial charge in [0.2, 0.25) is 0 Å². The summed E-state index contributed by atoms with van der Waals surface area (Å²) in [4.78, 5) is 11.4. The quantitative estimate of drug-likeness (QED) is 0.888. The molecule has 2 rings (SSSR count). The highest BCUT2D eigenvalue weighted by Gasteiger charge is 2.21. The van der Waals surface area contributed by atoms with Gasteiger partial charge in [-0.05, 0) is 29.8 Å². The van der Waals surface area contributed by atoms with E-state index in [2.05, 4.69) is 0 Å². The number of rotatable bonds is 6. The van der Waals surface area contributed by atoms with E-state index in [1.54, 1.807) is 43.5 Å². The van der Waals surface area contributed by atoms with E-state index >= 15 is 0 Å². The van der Waals surface area contributed by atoms with Gasteiger partial charge in [-0.1, -0.05) is 35.9 Å². The third-order valence-electron chi connectivity index (χ3n) is 2.94. The molecule has 2 aromatic carbocycles.